The van der Waals surface area contributed by atoms with E-state index in [1.165, 1.54) is 0 Å². The molecule has 1 atom stereocenters. The van der Waals surface area contributed by atoms with Gasteiger partial charge in [0.25, 0.3) is 0 Å². The summed E-state index contributed by atoms with van der Waals surface area (Å²) < 4.78 is 11.0. The monoisotopic (exact) mass is 313 g/mol. The molecule has 2 rings (SSSR count). The molecule has 0 aliphatic carbocycles. The molecule has 2 aromatic carbocycles. The highest BCUT2D eigenvalue weighted by Gasteiger charge is 2.19. The van der Waals surface area contributed by atoms with E-state index in [1.54, 1.807) is 26.8 Å². The third-order valence-corrected chi connectivity index (χ3v) is 3.18. The Hall–Kier alpha value is -2.36. The number of esters is 1. The lowest BCUT2D eigenvalue weighted by Crippen LogP contribution is -2.26. The quantitative estimate of drug-likeness (QED) is 0.761. The molecular weight excluding hydrogens is 292 g/mol. The third kappa shape index (κ3) is 5.09. The third-order valence-electron chi connectivity index (χ3n) is 3.18. The van der Waals surface area contributed by atoms with Crippen LogP contribution >= 0.6 is 0 Å². The van der Waals surface area contributed by atoms with E-state index in [4.69, 9.17) is 9.47 Å². The summed E-state index contributed by atoms with van der Waals surface area (Å²) in [5, 5.41) is 1.95. The number of ether oxygens (including phenoxy) is 2. The van der Waals surface area contributed by atoms with E-state index >= 15 is 0 Å². The van der Waals surface area contributed by atoms with Gasteiger partial charge in [-0.2, -0.15) is 0 Å². The van der Waals surface area contributed by atoms with Crippen LogP contribution in [0.3, 0.4) is 0 Å². The Balaban J connectivity index is 2.02. The van der Waals surface area contributed by atoms with Crippen molar-refractivity contribution in [1.29, 1.82) is 0 Å². The van der Waals surface area contributed by atoms with Gasteiger partial charge in [0.2, 0.25) is 6.29 Å². The number of hydrogen-bond acceptors (Lipinski definition) is 4. The van der Waals surface area contributed by atoms with Gasteiger partial charge in [0, 0.05) is 18.2 Å². The van der Waals surface area contributed by atoms with E-state index in [2.05, 4.69) is 0 Å². The zero-order valence-corrected chi connectivity index (χ0v) is 13.7. The van der Waals surface area contributed by atoms with Crippen molar-refractivity contribution in [3.8, 4) is 5.75 Å². The summed E-state index contributed by atoms with van der Waals surface area (Å²) in [4.78, 5) is 22.9. The molecule has 0 saturated heterocycles. The molecule has 0 aromatic heterocycles. The fraction of sp³-hybridized carbons (Fsp3) is 0.368. The molecule has 0 spiro atoms. The Labute approximate surface area is 136 Å². The first-order valence-corrected chi connectivity index (χ1v) is 7.63. The molecule has 121 valence electrons. The minimum Gasteiger partial charge on any atom is -0.481 e. The molecule has 1 radical (unpaired) electrons. The minimum absolute atomic E-state index is 0.113. The number of benzene rings is 2. The van der Waals surface area contributed by atoms with Crippen molar-refractivity contribution in [2.45, 2.75) is 45.3 Å². The fourth-order valence-electron chi connectivity index (χ4n) is 2.24. The van der Waals surface area contributed by atoms with Gasteiger partial charge in [-0.05, 0) is 32.2 Å². The standard InChI is InChI=1S/C19H21O4/c1-19(2,3)23-18(21)12-11-15(13-20)22-17-10-6-8-14-7-4-5-9-16(14)17/h4-10,15H,11-12H2,1-3H3. The van der Waals surface area contributed by atoms with Gasteiger partial charge in [-0.3, -0.25) is 9.59 Å². The van der Waals surface area contributed by atoms with E-state index in [-0.39, 0.29) is 18.8 Å². The first-order chi connectivity index (χ1) is 10.9. The lowest BCUT2D eigenvalue weighted by molar-refractivity contribution is -0.155. The maximum absolute atomic E-state index is 11.7. The average Bonchev–Trinajstić information content (AvgIpc) is 2.50. The van der Waals surface area contributed by atoms with Crippen LogP contribution in [-0.2, 0) is 14.3 Å². The van der Waals surface area contributed by atoms with Gasteiger partial charge >= 0.3 is 5.97 Å². The zero-order valence-electron chi connectivity index (χ0n) is 13.7. The summed E-state index contributed by atoms with van der Waals surface area (Å²) in [6.45, 7) is 5.42. The lowest BCUT2D eigenvalue weighted by atomic mass is 10.1. The van der Waals surface area contributed by atoms with Gasteiger partial charge in [0.1, 0.15) is 11.4 Å². The molecule has 0 fully saturated rings. The Morgan fingerprint density at radius 2 is 1.83 bits per heavy atom. The predicted molar refractivity (Wildman–Crippen MR) is 89.1 cm³/mol. The molecule has 0 amide bonds. The summed E-state index contributed by atoms with van der Waals surface area (Å²) in [7, 11) is 0. The van der Waals surface area contributed by atoms with Crippen molar-refractivity contribution in [2.75, 3.05) is 0 Å². The number of carbonyl (C=O) groups is 1. The van der Waals surface area contributed by atoms with Crippen LogP contribution in [0.1, 0.15) is 33.6 Å². The Bertz CT molecular complexity index is 680. The second-order valence-corrected chi connectivity index (χ2v) is 6.33. The van der Waals surface area contributed by atoms with Crippen molar-refractivity contribution in [3.63, 3.8) is 0 Å². The SMILES string of the molecule is CC(C)(C)OC(=O)CCC([C]=O)Oc1cccc2ccccc12. The summed E-state index contributed by atoms with van der Waals surface area (Å²) in [5.41, 5.74) is -0.534. The van der Waals surface area contributed by atoms with Crippen LogP contribution in [-0.4, -0.2) is 24.0 Å². The van der Waals surface area contributed by atoms with E-state index < -0.39 is 11.7 Å². The highest BCUT2D eigenvalue weighted by molar-refractivity contribution is 5.88. The number of carbonyl (C=O) groups excluding carboxylic acids is 2. The first kappa shape index (κ1) is 17.0. The van der Waals surface area contributed by atoms with E-state index in [9.17, 15) is 9.59 Å². The average molecular weight is 313 g/mol. The topological polar surface area (TPSA) is 52.6 Å². The molecule has 0 aliphatic rings. The first-order valence-electron chi connectivity index (χ1n) is 7.63. The smallest absolute Gasteiger partial charge is 0.306 e. The summed E-state index contributed by atoms with van der Waals surface area (Å²) in [5.74, 6) is 0.264. The number of hydrogen-bond donors (Lipinski definition) is 0. The second kappa shape index (κ2) is 7.27. The Kier molecular flexibility index (Phi) is 5.37. The maximum atomic E-state index is 11.7. The lowest BCUT2D eigenvalue weighted by Gasteiger charge is -2.20. The largest absolute Gasteiger partial charge is 0.481 e. The van der Waals surface area contributed by atoms with Crippen molar-refractivity contribution < 1.29 is 19.1 Å². The Morgan fingerprint density at radius 3 is 2.52 bits per heavy atom. The summed E-state index contributed by atoms with van der Waals surface area (Å²) in [6.07, 6.45) is 1.41. The Morgan fingerprint density at radius 1 is 1.13 bits per heavy atom. The molecule has 2 aromatic rings. The van der Waals surface area contributed by atoms with Crippen LogP contribution in [0.2, 0.25) is 0 Å². The maximum Gasteiger partial charge on any atom is 0.306 e. The van der Waals surface area contributed by atoms with Crippen molar-refractivity contribution in [3.05, 3.63) is 42.5 Å². The van der Waals surface area contributed by atoms with Gasteiger partial charge in [0.15, 0.2) is 6.10 Å². The van der Waals surface area contributed by atoms with Gasteiger partial charge in [-0.25, -0.2) is 0 Å². The molecule has 4 nitrogen and oxygen atoms in total. The summed E-state index contributed by atoms with van der Waals surface area (Å²) >= 11 is 0. The number of fused-ring (bicyclic) bond motifs is 1. The molecule has 0 bridgehead atoms. The van der Waals surface area contributed by atoms with Crippen LogP contribution in [0.25, 0.3) is 10.8 Å². The normalized spacial score (nSPS) is 12.7. The van der Waals surface area contributed by atoms with Gasteiger partial charge in [0.05, 0.1) is 0 Å². The molecule has 1 unspecified atom stereocenters. The number of rotatable bonds is 6. The molecule has 0 aliphatic heterocycles. The molecule has 0 heterocycles. The highest BCUT2D eigenvalue weighted by atomic mass is 16.6. The van der Waals surface area contributed by atoms with Crippen LogP contribution in [0, 0.1) is 0 Å². The van der Waals surface area contributed by atoms with Crippen LogP contribution < -0.4 is 4.74 Å². The second-order valence-electron chi connectivity index (χ2n) is 6.33. The van der Waals surface area contributed by atoms with Crippen molar-refractivity contribution >= 4 is 23.0 Å². The van der Waals surface area contributed by atoms with Crippen LogP contribution in [0.5, 0.6) is 5.75 Å². The van der Waals surface area contributed by atoms with E-state index in [0.29, 0.717) is 5.75 Å². The molecular formula is C19H21O4. The zero-order chi connectivity index (χ0) is 16.9. The summed E-state index contributed by atoms with van der Waals surface area (Å²) in [6, 6.07) is 13.4. The highest BCUT2D eigenvalue weighted by Crippen LogP contribution is 2.26. The van der Waals surface area contributed by atoms with E-state index in [1.807, 2.05) is 42.7 Å². The molecule has 4 heteroatoms. The fourth-order valence-corrected chi connectivity index (χ4v) is 2.24. The van der Waals surface area contributed by atoms with Crippen LogP contribution in [0.15, 0.2) is 42.5 Å². The van der Waals surface area contributed by atoms with Gasteiger partial charge < -0.3 is 9.47 Å². The molecule has 23 heavy (non-hydrogen) atoms. The van der Waals surface area contributed by atoms with Gasteiger partial charge in [-0.1, -0.05) is 36.4 Å². The molecule has 0 N–H and O–H groups in total. The van der Waals surface area contributed by atoms with E-state index in [0.717, 1.165) is 10.8 Å². The predicted octanol–water partition coefficient (Wildman–Crippen LogP) is 3.82. The van der Waals surface area contributed by atoms with Crippen LogP contribution in [0.4, 0.5) is 0 Å². The van der Waals surface area contributed by atoms with Crippen molar-refractivity contribution in [2.24, 2.45) is 0 Å². The van der Waals surface area contributed by atoms with Crippen molar-refractivity contribution in [1.82, 2.24) is 0 Å². The molecule has 0 saturated carbocycles. The minimum atomic E-state index is -0.798. The van der Waals surface area contributed by atoms with Gasteiger partial charge in [-0.15, -0.1) is 0 Å².